The van der Waals surface area contributed by atoms with Crippen molar-refractivity contribution < 1.29 is 4.79 Å². The molecule has 1 aliphatic heterocycles. The molecule has 0 N–H and O–H groups in total. The Morgan fingerprint density at radius 1 is 1.13 bits per heavy atom. The zero-order valence-electron chi connectivity index (χ0n) is 12.2. The summed E-state index contributed by atoms with van der Waals surface area (Å²) in [6, 6.07) is 7.26. The Morgan fingerprint density at radius 3 is 2.65 bits per heavy atom. The lowest BCUT2D eigenvalue weighted by Crippen LogP contribution is -2.31. The molecule has 1 amide bonds. The van der Waals surface area contributed by atoms with Gasteiger partial charge in [-0.1, -0.05) is 29.5 Å². The van der Waals surface area contributed by atoms with Gasteiger partial charge < -0.3 is 4.90 Å². The summed E-state index contributed by atoms with van der Waals surface area (Å²) < 4.78 is 1.33. The number of carbonyl (C=O) groups is 1. The summed E-state index contributed by atoms with van der Waals surface area (Å²) >= 11 is 1.01. The molecular weight excluding hydrogens is 316 g/mol. The Bertz CT molecular complexity index is 1160. The van der Waals surface area contributed by atoms with Crippen LogP contribution in [0.1, 0.15) is 11.3 Å². The summed E-state index contributed by atoms with van der Waals surface area (Å²) in [5.41, 5.74) is 1.01. The van der Waals surface area contributed by atoms with Gasteiger partial charge in [0.25, 0.3) is 17.0 Å². The van der Waals surface area contributed by atoms with Crippen LogP contribution in [0.3, 0.4) is 0 Å². The van der Waals surface area contributed by atoms with Gasteiger partial charge in [0.2, 0.25) is 4.96 Å². The third-order valence-corrected chi connectivity index (χ3v) is 4.83. The molecule has 0 unspecified atom stereocenters. The topological polar surface area (TPSA) is 84.6 Å². The van der Waals surface area contributed by atoms with Crippen molar-refractivity contribution in [1.82, 2.24) is 14.6 Å². The van der Waals surface area contributed by atoms with E-state index in [0.717, 1.165) is 21.5 Å². The maximum absolute atomic E-state index is 12.6. The number of hydrogen-bond acceptors (Lipinski definition) is 6. The van der Waals surface area contributed by atoms with Gasteiger partial charge in [-0.15, -0.1) is 0 Å². The molecule has 3 aromatic rings. The molecule has 7 nitrogen and oxygen atoms in total. The lowest BCUT2D eigenvalue weighted by atomic mass is 10.1. The number of para-hydroxylation sites is 1. The minimum atomic E-state index is -0.474. The number of hydrogen-bond donors (Lipinski definition) is 0. The summed E-state index contributed by atoms with van der Waals surface area (Å²) in [5, 5.41) is 3.97. The Hall–Kier alpha value is -2.87. The number of aromatic nitrogens is 3. The van der Waals surface area contributed by atoms with Gasteiger partial charge >= 0.3 is 0 Å². The van der Waals surface area contributed by atoms with Crippen molar-refractivity contribution in [1.29, 1.82) is 0 Å². The van der Waals surface area contributed by atoms with Crippen LogP contribution in [0.25, 0.3) is 10.5 Å². The Morgan fingerprint density at radius 2 is 1.87 bits per heavy atom. The molecule has 0 radical (unpaired) electrons. The molecule has 0 saturated heterocycles. The molecule has 2 aromatic heterocycles. The molecule has 0 aliphatic carbocycles. The molecule has 1 aliphatic rings. The third kappa shape index (κ3) is 1.78. The lowest BCUT2D eigenvalue weighted by molar-refractivity contribution is -0.112. The number of benzene rings is 1. The van der Waals surface area contributed by atoms with Crippen LogP contribution in [0.15, 0.2) is 33.9 Å². The van der Waals surface area contributed by atoms with Gasteiger partial charge in [-0.2, -0.15) is 14.6 Å². The number of carbonyl (C=O) groups excluding carboxylic acids is 1. The van der Waals surface area contributed by atoms with Gasteiger partial charge in [-0.25, -0.2) is 0 Å². The minimum absolute atomic E-state index is 0.143. The fourth-order valence-electron chi connectivity index (χ4n) is 2.63. The first kappa shape index (κ1) is 13.8. The van der Waals surface area contributed by atoms with E-state index in [-0.39, 0.29) is 21.1 Å². The molecule has 0 bridgehead atoms. The van der Waals surface area contributed by atoms with Crippen LogP contribution in [-0.2, 0) is 4.79 Å². The van der Waals surface area contributed by atoms with Crippen molar-refractivity contribution >= 4 is 33.5 Å². The summed E-state index contributed by atoms with van der Waals surface area (Å²) in [6.07, 6.45) is 0. The monoisotopic (exact) mass is 326 g/mol. The molecule has 8 heteroatoms. The lowest BCUT2D eigenvalue weighted by Gasteiger charge is -2.07. The molecule has 0 fully saturated rings. The van der Waals surface area contributed by atoms with Crippen molar-refractivity contribution in [2.75, 3.05) is 11.9 Å². The van der Waals surface area contributed by atoms with E-state index in [1.165, 1.54) is 11.8 Å². The van der Waals surface area contributed by atoms with Crippen molar-refractivity contribution in [3.63, 3.8) is 0 Å². The minimum Gasteiger partial charge on any atom is -0.311 e. The van der Waals surface area contributed by atoms with Crippen LogP contribution in [0.4, 0.5) is 5.69 Å². The average molecular weight is 326 g/mol. The van der Waals surface area contributed by atoms with Crippen molar-refractivity contribution in [3.05, 3.63) is 60.8 Å². The first-order chi connectivity index (χ1) is 11.0. The second-order valence-electron chi connectivity index (χ2n) is 5.19. The molecular formula is C15H10N4O3S. The zero-order chi connectivity index (χ0) is 16.3. The maximum Gasteiger partial charge on any atom is 0.295 e. The van der Waals surface area contributed by atoms with Crippen LogP contribution in [0.5, 0.6) is 0 Å². The van der Waals surface area contributed by atoms with Crippen LogP contribution in [-0.4, -0.2) is 27.6 Å². The second-order valence-corrected chi connectivity index (χ2v) is 6.17. The summed E-state index contributed by atoms with van der Waals surface area (Å²) in [7, 11) is 1.66. The van der Waals surface area contributed by atoms with Crippen LogP contribution >= 0.6 is 11.3 Å². The quantitative estimate of drug-likeness (QED) is 0.567. The van der Waals surface area contributed by atoms with Crippen LogP contribution in [0.2, 0.25) is 0 Å². The number of amides is 1. The molecule has 3 heterocycles. The van der Waals surface area contributed by atoms with Crippen molar-refractivity contribution in [2.24, 2.45) is 0 Å². The average Bonchev–Trinajstić information content (AvgIpc) is 2.97. The predicted octanol–water partition coefficient (Wildman–Crippen LogP) is -0.286. The van der Waals surface area contributed by atoms with Crippen LogP contribution in [0, 0.1) is 6.92 Å². The van der Waals surface area contributed by atoms with E-state index >= 15 is 0 Å². The van der Waals surface area contributed by atoms with Gasteiger partial charge in [-0.05, 0) is 13.0 Å². The Labute approximate surface area is 133 Å². The highest BCUT2D eigenvalue weighted by molar-refractivity contribution is 7.15. The highest BCUT2D eigenvalue weighted by atomic mass is 32.1. The first-order valence-electron chi connectivity index (χ1n) is 6.81. The number of anilines is 1. The normalized spacial score (nSPS) is 16.3. The third-order valence-electron chi connectivity index (χ3n) is 3.80. The first-order valence-corrected chi connectivity index (χ1v) is 7.63. The molecule has 4 rings (SSSR count). The van der Waals surface area contributed by atoms with E-state index in [2.05, 4.69) is 10.1 Å². The Balaban J connectivity index is 2.19. The standard InChI is InChI=1S/C15H10N4O3S/c1-7-12(20)16-15-19(17-7)14(22)11(23-15)10-8-5-3-4-6-9(8)18(2)13(10)21/h3-6H,1-2H3/b11-10-. The molecule has 0 saturated carbocycles. The van der Waals surface area contributed by atoms with E-state index in [0.29, 0.717) is 11.1 Å². The number of nitrogens with zero attached hydrogens (tertiary/aromatic N) is 4. The van der Waals surface area contributed by atoms with E-state index < -0.39 is 11.1 Å². The molecule has 1 aromatic carbocycles. The van der Waals surface area contributed by atoms with Gasteiger partial charge in [0.1, 0.15) is 10.2 Å². The van der Waals surface area contributed by atoms with Crippen LogP contribution < -0.4 is 20.6 Å². The van der Waals surface area contributed by atoms with E-state index in [4.69, 9.17) is 0 Å². The number of likely N-dealkylation sites (N-methyl/N-ethyl adjacent to an activating group) is 1. The maximum atomic E-state index is 12.6. The van der Waals surface area contributed by atoms with E-state index in [9.17, 15) is 14.4 Å². The fourth-order valence-corrected chi connectivity index (χ4v) is 3.62. The molecule has 23 heavy (non-hydrogen) atoms. The van der Waals surface area contributed by atoms with Crippen molar-refractivity contribution in [2.45, 2.75) is 6.92 Å². The summed E-state index contributed by atoms with van der Waals surface area (Å²) in [4.78, 5) is 42.4. The SMILES string of the molecule is Cc1nn2c(=O)/c(=C3/C(=O)N(C)c4ccccc43)sc2nc1=O. The second kappa shape index (κ2) is 4.56. The number of thiazole rings is 1. The molecule has 114 valence electrons. The smallest absolute Gasteiger partial charge is 0.295 e. The highest BCUT2D eigenvalue weighted by Crippen LogP contribution is 2.33. The van der Waals surface area contributed by atoms with Gasteiger partial charge in [-0.3, -0.25) is 14.4 Å². The zero-order valence-corrected chi connectivity index (χ0v) is 13.0. The van der Waals surface area contributed by atoms with E-state index in [1.807, 2.05) is 18.2 Å². The Kier molecular flexibility index (Phi) is 2.73. The number of fused-ring (bicyclic) bond motifs is 2. The summed E-state index contributed by atoms with van der Waals surface area (Å²) in [6.45, 7) is 1.50. The van der Waals surface area contributed by atoms with Gasteiger partial charge in [0, 0.05) is 12.6 Å². The van der Waals surface area contributed by atoms with Gasteiger partial charge in [0.05, 0.1) is 11.3 Å². The predicted molar refractivity (Wildman–Crippen MR) is 85.7 cm³/mol. The number of rotatable bonds is 0. The fraction of sp³-hybridized carbons (Fsp3) is 0.133. The summed E-state index contributed by atoms with van der Waals surface area (Å²) in [5.74, 6) is -0.255. The molecule has 0 atom stereocenters. The highest BCUT2D eigenvalue weighted by Gasteiger charge is 2.31. The van der Waals surface area contributed by atoms with E-state index in [1.54, 1.807) is 13.1 Å². The number of aryl methyl sites for hydroxylation is 1. The van der Waals surface area contributed by atoms with Crippen molar-refractivity contribution in [3.8, 4) is 0 Å². The largest absolute Gasteiger partial charge is 0.311 e. The molecule has 0 spiro atoms. The van der Waals surface area contributed by atoms with Gasteiger partial charge in [0.15, 0.2) is 0 Å².